The van der Waals surface area contributed by atoms with Gasteiger partial charge in [-0.15, -0.1) is 0 Å². The lowest BCUT2D eigenvalue weighted by Gasteiger charge is -2.30. The smallest absolute Gasteiger partial charge is 0.264 e. The van der Waals surface area contributed by atoms with Crippen molar-refractivity contribution in [1.82, 2.24) is 15.1 Å². The van der Waals surface area contributed by atoms with Gasteiger partial charge < -0.3 is 16.0 Å². The summed E-state index contributed by atoms with van der Waals surface area (Å²) in [5.41, 5.74) is 7.13. The summed E-state index contributed by atoms with van der Waals surface area (Å²) >= 11 is 0. The Morgan fingerprint density at radius 1 is 1.07 bits per heavy atom. The first-order valence-corrected chi connectivity index (χ1v) is 10.5. The molecule has 160 valence electrons. The van der Waals surface area contributed by atoms with E-state index in [0.29, 0.717) is 29.4 Å². The number of carbonyl (C=O) groups is 4. The molecule has 0 spiro atoms. The number of nitrogens with one attached hydrogen (secondary N) is 2. The van der Waals surface area contributed by atoms with E-state index in [4.69, 9.17) is 5.73 Å². The van der Waals surface area contributed by atoms with Gasteiger partial charge in [-0.2, -0.15) is 0 Å². The summed E-state index contributed by atoms with van der Waals surface area (Å²) in [5, 5.41) is 5.49. The molecule has 4 amide bonds. The van der Waals surface area contributed by atoms with Crippen LogP contribution in [0.1, 0.15) is 52.8 Å². The van der Waals surface area contributed by atoms with Gasteiger partial charge >= 0.3 is 0 Å². The molecule has 1 unspecified atom stereocenters. The summed E-state index contributed by atoms with van der Waals surface area (Å²) in [7, 11) is 0. The van der Waals surface area contributed by atoms with Gasteiger partial charge in [-0.3, -0.25) is 29.4 Å². The summed E-state index contributed by atoms with van der Waals surface area (Å²) < 4.78 is 0. The summed E-state index contributed by atoms with van der Waals surface area (Å²) in [5.74, 6) is -1.96. The summed E-state index contributed by atoms with van der Waals surface area (Å²) in [6.07, 6.45) is 3.20. The number of nitrogens with zero attached hydrogens (tertiary/aromatic N) is 2. The van der Waals surface area contributed by atoms with Gasteiger partial charge in [0.15, 0.2) is 0 Å². The lowest BCUT2D eigenvalue weighted by Crippen LogP contribution is -2.54. The first-order valence-electron chi connectivity index (χ1n) is 10.5. The van der Waals surface area contributed by atoms with Gasteiger partial charge in [-0.1, -0.05) is 6.07 Å². The number of likely N-dealkylation sites (tertiary alicyclic amines) is 1. The molecule has 2 fully saturated rings. The molecule has 0 bridgehead atoms. The molecule has 3 aliphatic rings. The van der Waals surface area contributed by atoms with Gasteiger partial charge in [0.05, 0.1) is 11.1 Å². The van der Waals surface area contributed by atoms with E-state index in [1.54, 1.807) is 18.2 Å². The molecular weight excluding hydrogens is 386 g/mol. The van der Waals surface area contributed by atoms with Crippen molar-refractivity contribution in [3.63, 3.8) is 0 Å². The summed E-state index contributed by atoms with van der Waals surface area (Å²) in [4.78, 5) is 52.9. The molecule has 9 nitrogen and oxygen atoms in total. The number of hydrogen-bond acceptors (Lipinski definition) is 7. The third kappa shape index (κ3) is 3.95. The number of anilines is 1. The third-order valence-corrected chi connectivity index (χ3v) is 6.07. The highest BCUT2D eigenvalue weighted by molar-refractivity contribution is 6.25. The van der Waals surface area contributed by atoms with Crippen LogP contribution < -0.4 is 16.4 Å². The summed E-state index contributed by atoms with van der Waals surface area (Å²) in [6, 6.07) is 4.46. The minimum absolute atomic E-state index is 0.107. The van der Waals surface area contributed by atoms with Gasteiger partial charge in [0.25, 0.3) is 11.8 Å². The minimum atomic E-state index is -0.951. The van der Waals surface area contributed by atoms with E-state index in [9.17, 15) is 19.2 Å². The molecule has 0 aromatic heterocycles. The van der Waals surface area contributed by atoms with Crippen molar-refractivity contribution in [2.45, 2.75) is 44.2 Å². The Kier molecular flexibility index (Phi) is 5.83. The van der Waals surface area contributed by atoms with Crippen molar-refractivity contribution in [3.8, 4) is 0 Å². The van der Waals surface area contributed by atoms with E-state index in [1.165, 1.54) is 0 Å². The van der Waals surface area contributed by atoms with Gasteiger partial charge in [-0.25, -0.2) is 0 Å². The quantitative estimate of drug-likeness (QED) is 0.453. The van der Waals surface area contributed by atoms with Crippen LogP contribution in [0.3, 0.4) is 0 Å². The molecule has 3 heterocycles. The maximum Gasteiger partial charge on any atom is 0.264 e. The van der Waals surface area contributed by atoms with E-state index in [-0.39, 0.29) is 18.7 Å². The zero-order valence-electron chi connectivity index (χ0n) is 16.9. The standard InChI is InChI=1S/C21H27N5O4/c22-13-7-11-25(12-8-13)10-2-9-23-15-4-1-3-14-18(15)21(30)26(20(14)29)16-5-6-17(27)24-19(16)28/h1,3-4,13,16,23H,2,5-12,22H2,(H,24,27,28). The molecule has 0 radical (unpaired) electrons. The molecule has 3 aliphatic heterocycles. The zero-order valence-corrected chi connectivity index (χ0v) is 16.9. The van der Waals surface area contributed by atoms with E-state index in [0.717, 1.165) is 43.8 Å². The Hall–Kier alpha value is -2.78. The fourth-order valence-electron chi connectivity index (χ4n) is 4.36. The highest BCUT2D eigenvalue weighted by Gasteiger charge is 2.45. The molecular formula is C21H27N5O4. The van der Waals surface area contributed by atoms with E-state index >= 15 is 0 Å². The molecule has 2 saturated heterocycles. The number of amides is 4. The predicted octanol–water partition coefficient (Wildman–Crippen LogP) is 0.313. The third-order valence-electron chi connectivity index (χ3n) is 6.07. The predicted molar refractivity (Wildman–Crippen MR) is 110 cm³/mol. The molecule has 1 aromatic rings. The van der Waals surface area contributed by atoms with Crippen molar-refractivity contribution in [2.24, 2.45) is 5.73 Å². The second kappa shape index (κ2) is 8.53. The lowest BCUT2D eigenvalue weighted by atomic mass is 10.0. The Morgan fingerprint density at radius 2 is 1.83 bits per heavy atom. The van der Waals surface area contributed by atoms with Gasteiger partial charge in [0.2, 0.25) is 11.8 Å². The number of fused-ring (bicyclic) bond motifs is 1. The van der Waals surface area contributed by atoms with Crippen LogP contribution in [-0.4, -0.2) is 71.7 Å². The number of nitrogens with two attached hydrogens (primary N) is 1. The molecule has 4 rings (SSSR count). The van der Waals surface area contributed by atoms with Crippen molar-refractivity contribution in [3.05, 3.63) is 29.3 Å². The fourth-order valence-corrected chi connectivity index (χ4v) is 4.36. The van der Waals surface area contributed by atoms with Crippen LogP contribution in [0, 0.1) is 0 Å². The first-order chi connectivity index (χ1) is 14.5. The highest BCUT2D eigenvalue weighted by Crippen LogP contribution is 2.32. The number of piperidine rings is 2. The monoisotopic (exact) mass is 413 g/mol. The van der Waals surface area contributed by atoms with Crippen molar-refractivity contribution >= 4 is 29.3 Å². The number of hydrogen-bond donors (Lipinski definition) is 3. The lowest BCUT2D eigenvalue weighted by molar-refractivity contribution is -0.136. The Bertz CT molecular complexity index is 878. The number of carbonyl (C=O) groups excluding carboxylic acids is 4. The van der Waals surface area contributed by atoms with Gasteiger partial charge in [0, 0.05) is 24.7 Å². The van der Waals surface area contributed by atoms with Crippen molar-refractivity contribution in [2.75, 3.05) is 31.5 Å². The van der Waals surface area contributed by atoms with E-state index < -0.39 is 23.8 Å². The average Bonchev–Trinajstić information content (AvgIpc) is 2.98. The fraction of sp³-hybridized carbons (Fsp3) is 0.524. The molecule has 1 atom stereocenters. The minimum Gasteiger partial charge on any atom is -0.384 e. The van der Waals surface area contributed by atoms with Crippen LogP contribution in [0.15, 0.2) is 18.2 Å². The Morgan fingerprint density at radius 3 is 2.57 bits per heavy atom. The topological polar surface area (TPSA) is 125 Å². The number of rotatable bonds is 6. The molecule has 0 aliphatic carbocycles. The second-order valence-electron chi connectivity index (χ2n) is 8.13. The van der Waals surface area contributed by atoms with Crippen LogP contribution >= 0.6 is 0 Å². The van der Waals surface area contributed by atoms with Crippen molar-refractivity contribution < 1.29 is 19.2 Å². The maximum atomic E-state index is 13.0. The van der Waals surface area contributed by atoms with Crippen LogP contribution in [0.2, 0.25) is 0 Å². The zero-order chi connectivity index (χ0) is 21.3. The summed E-state index contributed by atoms with van der Waals surface area (Å²) in [6.45, 7) is 3.63. The number of benzene rings is 1. The maximum absolute atomic E-state index is 13.0. The van der Waals surface area contributed by atoms with Gasteiger partial charge in [-0.05, 0) is 57.5 Å². The van der Waals surface area contributed by atoms with Crippen LogP contribution in [0.4, 0.5) is 5.69 Å². The molecule has 0 saturated carbocycles. The van der Waals surface area contributed by atoms with Crippen LogP contribution in [0.5, 0.6) is 0 Å². The average molecular weight is 413 g/mol. The highest BCUT2D eigenvalue weighted by atomic mass is 16.2. The first kappa shape index (κ1) is 20.5. The normalized spacial score (nSPS) is 23.0. The van der Waals surface area contributed by atoms with Crippen LogP contribution in [0.25, 0.3) is 0 Å². The van der Waals surface area contributed by atoms with E-state index in [2.05, 4.69) is 15.5 Å². The SMILES string of the molecule is NC1CCN(CCCNc2cccc3c2C(=O)N(C2CCC(=O)NC2=O)C3=O)CC1. The Labute approximate surface area is 174 Å². The van der Waals surface area contributed by atoms with E-state index in [1.807, 2.05) is 0 Å². The molecule has 9 heteroatoms. The van der Waals surface area contributed by atoms with Crippen LogP contribution in [-0.2, 0) is 9.59 Å². The van der Waals surface area contributed by atoms with Gasteiger partial charge in [0.1, 0.15) is 6.04 Å². The Balaban J connectivity index is 1.40. The molecule has 4 N–H and O–H groups in total. The largest absolute Gasteiger partial charge is 0.384 e. The van der Waals surface area contributed by atoms with Crippen molar-refractivity contribution in [1.29, 1.82) is 0 Å². The number of imide groups is 2. The second-order valence-corrected chi connectivity index (χ2v) is 8.13. The molecule has 30 heavy (non-hydrogen) atoms. The molecule has 1 aromatic carbocycles.